The number of benzene rings is 1. The van der Waals surface area contributed by atoms with Crippen LogP contribution in [-0.2, 0) is 6.42 Å². The van der Waals surface area contributed by atoms with Crippen LogP contribution in [0.4, 0.5) is 0 Å². The van der Waals surface area contributed by atoms with E-state index in [1.165, 1.54) is 16.7 Å². The van der Waals surface area contributed by atoms with Gasteiger partial charge in [0.15, 0.2) is 0 Å². The highest BCUT2D eigenvalue weighted by atomic mass is 35.5. The zero-order valence-electron chi connectivity index (χ0n) is 12.1. The van der Waals surface area contributed by atoms with Crippen molar-refractivity contribution in [1.29, 1.82) is 0 Å². The van der Waals surface area contributed by atoms with Gasteiger partial charge in [-0.1, -0.05) is 31.5 Å². The molecule has 2 aromatic rings. The highest BCUT2D eigenvalue weighted by molar-refractivity contribution is 7.07. The van der Waals surface area contributed by atoms with Crippen molar-refractivity contribution in [2.45, 2.75) is 39.3 Å². The number of fused-ring (bicyclic) bond motifs is 1. The van der Waals surface area contributed by atoms with Crippen LogP contribution in [0.1, 0.15) is 49.5 Å². The summed E-state index contributed by atoms with van der Waals surface area (Å²) in [7, 11) is 0. The molecule has 0 saturated heterocycles. The van der Waals surface area contributed by atoms with Gasteiger partial charge in [-0.05, 0) is 64.4 Å². The average Bonchev–Trinajstić information content (AvgIpc) is 2.98. The second kappa shape index (κ2) is 5.18. The second-order valence-corrected chi connectivity index (χ2v) is 7.60. The van der Waals surface area contributed by atoms with Crippen LogP contribution in [0.5, 0.6) is 0 Å². The van der Waals surface area contributed by atoms with Crippen LogP contribution >= 0.6 is 22.9 Å². The van der Waals surface area contributed by atoms with E-state index in [0.29, 0.717) is 12.1 Å². The molecule has 1 heterocycles. The Morgan fingerprint density at radius 2 is 2.15 bits per heavy atom. The molecule has 0 spiro atoms. The number of hydrogen-bond acceptors (Lipinski definition) is 2. The number of hydrogen-bond donors (Lipinski definition) is 1. The van der Waals surface area contributed by atoms with Crippen molar-refractivity contribution >= 4 is 22.9 Å². The molecular weight excluding hydrogens is 286 g/mol. The topological polar surface area (TPSA) is 12.0 Å². The Morgan fingerprint density at radius 1 is 1.35 bits per heavy atom. The smallest absolute Gasteiger partial charge is 0.0409 e. The van der Waals surface area contributed by atoms with Gasteiger partial charge in [-0.15, -0.1) is 0 Å². The lowest BCUT2D eigenvalue weighted by Crippen LogP contribution is -2.32. The molecular formula is C17H20ClNS. The van der Waals surface area contributed by atoms with E-state index in [4.69, 9.17) is 11.6 Å². The molecule has 2 unspecified atom stereocenters. The van der Waals surface area contributed by atoms with E-state index in [1.807, 2.05) is 6.07 Å². The number of rotatable bonds is 3. The SMILES string of the molecule is CC(NC1c2cc(Cl)ccc2CC1(C)C)c1ccsc1. The molecule has 0 aliphatic heterocycles. The molecule has 2 atom stereocenters. The number of halogens is 1. The number of nitrogens with one attached hydrogen (secondary N) is 1. The van der Waals surface area contributed by atoms with E-state index >= 15 is 0 Å². The molecule has 106 valence electrons. The zero-order chi connectivity index (χ0) is 14.3. The second-order valence-electron chi connectivity index (χ2n) is 6.39. The van der Waals surface area contributed by atoms with Gasteiger partial charge >= 0.3 is 0 Å². The third-order valence-electron chi connectivity index (χ3n) is 4.31. The van der Waals surface area contributed by atoms with Crippen molar-refractivity contribution in [3.8, 4) is 0 Å². The van der Waals surface area contributed by atoms with Gasteiger partial charge in [0.2, 0.25) is 0 Å². The van der Waals surface area contributed by atoms with Crippen LogP contribution in [0.25, 0.3) is 0 Å². The fourth-order valence-corrected chi connectivity index (χ4v) is 4.13. The van der Waals surface area contributed by atoms with Crippen molar-refractivity contribution in [3.05, 3.63) is 56.7 Å². The zero-order valence-corrected chi connectivity index (χ0v) is 13.7. The quantitative estimate of drug-likeness (QED) is 0.803. The summed E-state index contributed by atoms with van der Waals surface area (Å²) in [6.45, 7) is 6.90. The van der Waals surface area contributed by atoms with Gasteiger partial charge in [0, 0.05) is 17.1 Å². The summed E-state index contributed by atoms with van der Waals surface area (Å²) in [5.74, 6) is 0. The maximum Gasteiger partial charge on any atom is 0.0409 e. The van der Waals surface area contributed by atoms with E-state index in [2.05, 4.69) is 55.0 Å². The first-order valence-corrected chi connectivity index (χ1v) is 8.36. The maximum atomic E-state index is 6.19. The van der Waals surface area contributed by atoms with Gasteiger partial charge in [0.25, 0.3) is 0 Å². The Morgan fingerprint density at radius 3 is 2.85 bits per heavy atom. The Balaban J connectivity index is 1.90. The third kappa shape index (κ3) is 2.52. The fourth-order valence-electron chi connectivity index (χ4n) is 3.19. The summed E-state index contributed by atoms with van der Waals surface area (Å²) in [5, 5.41) is 8.99. The van der Waals surface area contributed by atoms with Crippen molar-refractivity contribution < 1.29 is 0 Å². The Bertz CT molecular complexity index is 603. The van der Waals surface area contributed by atoms with Gasteiger partial charge in [0.05, 0.1) is 0 Å². The molecule has 1 aromatic heterocycles. The Hall–Kier alpha value is -0.830. The van der Waals surface area contributed by atoms with Crippen LogP contribution in [-0.4, -0.2) is 0 Å². The van der Waals surface area contributed by atoms with Crippen LogP contribution in [0.15, 0.2) is 35.0 Å². The van der Waals surface area contributed by atoms with E-state index in [0.717, 1.165) is 11.4 Å². The molecule has 1 nitrogen and oxygen atoms in total. The monoisotopic (exact) mass is 305 g/mol. The first-order chi connectivity index (χ1) is 9.47. The molecule has 0 saturated carbocycles. The molecule has 1 aliphatic carbocycles. The van der Waals surface area contributed by atoms with Crippen molar-refractivity contribution in [2.24, 2.45) is 5.41 Å². The normalized spacial score (nSPS) is 21.7. The van der Waals surface area contributed by atoms with Gasteiger partial charge in [-0.2, -0.15) is 11.3 Å². The van der Waals surface area contributed by atoms with Crippen LogP contribution in [0.2, 0.25) is 5.02 Å². The Kier molecular flexibility index (Phi) is 3.65. The fraction of sp³-hybridized carbons (Fsp3) is 0.412. The first-order valence-electron chi connectivity index (χ1n) is 7.04. The molecule has 20 heavy (non-hydrogen) atoms. The van der Waals surface area contributed by atoms with Gasteiger partial charge in [0.1, 0.15) is 0 Å². The van der Waals surface area contributed by atoms with Crippen LogP contribution in [0, 0.1) is 5.41 Å². The molecule has 1 N–H and O–H groups in total. The van der Waals surface area contributed by atoms with Crippen LogP contribution < -0.4 is 5.32 Å². The van der Waals surface area contributed by atoms with Crippen LogP contribution in [0.3, 0.4) is 0 Å². The Labute approximate surface area is 130 Å². The molecule has 0 radical (unpaired) electrons. The lowest BCUT2D eigenvalue weighted by atomic mass is 9.85. The van der Waals surface area contributed by atoms with E-state index in [-0.39, 0.29) is 5.41 Å². The van der Waals surface area contributed by atoms with Crippen molar-refractivity contribution in [3.63, 3.8) is 0 Å². The minimum Gasteiger partial charge on any atom is -0.303 e. The third-order valence-corrected chi connectivity index (χ3v) is 5.24. The summed E-state index contributed by atoms with van der Waals surface area (Å²) in [6, 6.07) is 9.21. The summed E-state index contributed by atoms with van der Waals surface area (Å²) < 4.78 is 0. The maximum absolute atomic E-state index is 6.19. The molecule has 3 rings (SSSR count). The molecule has 1 aromatic carbocycles. The lowest BCUT2D eigenvalue weighted by Gasteiger charge is -2.31. The molecule has 3 heteroatoms. The summed E-state index contributed by atoms with van der Waals surface area (Å²) in [4.78, 5) is 0. The molecule has 1 aliphatic rings. The van der Waals surface area contributed by atoms with E-state index in [9.17, 15) is 0 Å². The molecule has 0 fully saturated rings. The van der Waals surface area contributed by atoms with E-state index in [1.54, 1.807) is 11.3 Å². The van der Waals surface area contributed by atoms with Gasteiger partial charge < -0.3 is 5.32 Å². The standard InChI is InChI=1S/C17H20ClNS/c1-11(13-6-7-20-10-13)19-16-15-8-14(18)5-4-12(15)9-17(16,2)3/h4-8,10-11,16,19H,9H2,1-3H3. The number of thiophene rings is 1. The summed E-state index contributed by atoms with van der Waals surface area (Å²) >= 11 is 7.94. The largest absolute Gasteiger partial charge is 0.303 e. The summed E-state index contributed by atoms with van der Waals surface area (Å²) in [5.41, 5.74) is 4.37. The molecule has 0 bridgehead atoms. The minimum atomic E-state index is 0.220. The first kappa shape index (κ1) is 14.1. The van der Waals surface area contributed by atoms with Gasteiger partial charge in [-0.25, -0.2) is 0 Å². The van der Waals surface area contributed by atoms with Crippen molar-refractivity contribution in [2.75, 3.05) is 0 Å². The van der Waals surface area contributed by atoms with E-state index < -0.39 is 0 Å². The predicted molar refractivity (Wildman–Crippen MR) is 87.5 cm³/mol. The lowest BCUT2D eigenvalue weighted by molar-refractivity contribution is 0.252. The van der Waals surface area contributed by atoms with Gasteiger partial charge in [-0.3, -0.25) is 0 Å². The average molecular weight is 306 g/mol. The highest BCUT2D eigenvalue weighted by Crippen LogP contribution is 2.46. The van der Waals surface area contributed by atoms with Crippen molar-refractivity contribution in [1.82, 2.24) is 5.32 Å². The minimum absolute atomic E-state index is 0.220. The highest BCUT2D eigenvalue weighted by Gasteiger charge is 2.39. The summed E-state index contributed by atoms with van der Waals surface area (Å²) in [6.07, 6.45) is 1.10. The predicted octanol–water partition coefficient (Wildman–Crippen LogP) is 5.38. The molecule has 0 amide bonds.